The van der Waals surface area contributed by atoms with Crippen LogP contribution < -0.4 is 5.32 Å². The van der Waals surface area contributed by atoms with E-state index in [9.17, 15) is 4.79 Å². The van der Waals surface area contributed by atoms with Crippen LogP contribution in [0.2, 0.25) is 5.02 Å². The molecule has 3 heterocycles. The number of halogens is 3. The fraction of sp³-hybridized carbons (Fsp3) is 0.529. The number of amides is 1. The normalized spacial score (nSPS) is 21.0. The standard InChI is InChI=1S/C17H20ClN3O2.2ClH/c18-12-3-4-15-14(10-12)20-16(23-15)11-5-8-21(9-6-11)17(22)13-2-1-7-19-13;;/h3-4,10-11,13,19H,1-2,5-9H2;2*1H. The number of carbonyl (C=O) groups excluding carboxylic acids is 1. The maximum atomic E-state index is 12.4. The second-order valence-electron chi connectivity index (χ2n) is 6.41. The molecule has 138 valence electrons. The van der Waals surface area contributed by atoms with Crippen LogP contribution in [0, 0.1) is 0 Å². The molecule has 1 N–H and O–H groups in total. The molecule has 1 aromatic heterocycles. The van der Waals surface area contributed by atoms with Gasteiger partial charge in [-0.3, -0.25) is 4.79 Å². The first kappa shape index (κ1) is 20.3. The number of carbonyl (C=O) groups is 1. The molecule has 25 heavy (non-hydrogen) atoms. The quantitative estimate of drug-likeness (QED) is 0.824. The van der Waals surface area contributed by atoms with Crippen LogP contribution in [0.4, 0.5) is 0 Å². The minimum Gasteiger partial charge on any atom is -0.440 e. The number of nitrogens with one attached hydrogen (secondary N) is 1. The van der Waals surface area contributed by atoms with Gasteiger partial charge in [-0.2, -0.15) is 0 Å². The first-order valence-corrected chi connectivity index (χ1v) is 8.66. The number of fused-ring (bicyclic) bond motifs is 1. The summed E-state index contributed by atoms with van der Waals surface area (Å²) < 4.78 is 5.87. The third-order valence-corrected chi connectivity index (χ3v) is 5.12. The van der Waals surface area contributed by atoms with Gasteiger partial charge in [-0.25, -0.2) is 4.98 Å². The SMILES string of the molecule is Cl.Cl.O=C(C1CCCN1)N1CCC(c2nc3cc(Cl)ccc3o2)CC1. The molecule has 2 aliphatic heterocycles. The molecule has 1 atom stereocenters. The number of oxazole rings is 1. The fourth-order valence-electron chi connectivity index (χ4n) is 3.56. The Kier molecular flexibility index (Phi) is 6.97. The van der Waals surface area contributed by atoms with Crippen molar-refractivity contribution in [2.75, 3.05) is 19.6 Å². The highest BCUT2D eigenvalue weighted by molar-refractivity contribution is 6.31. The number of hydrogen-bond acceptors (Lipinski definition) is 4. The number of aromatic nitrogens is 1. The van der Waals surface area contributed by atoms with E-state index in [-0.39, 0.29) is 42.7 Å². The molecule has 4 rings (SSSR count). The Bertz CT molecular complexity index is 723. The molecule has 0 bridgehead atoms. The molecule has 5 nitrogen and oxygen atoms in total. The molecular formula is C17H22Cl3N3O2. The van der Waals surface area contributed by atoms with Gasteiger partial charge in [-0.1, -0.05) is 11.6 Å². The van der Waals surface area contributed by atoms with Gasteiger partial charge in [0.05, 0.1) is 6.04 Å². The zero-order valence-electron chi connectivity index (χ0n) is 13.7. The Morgan fingerprint density at radius 2 is 2.00 bits per heavy atom. The summed E-state index contributed by atoms with van der Waals surface area (Å²) in [6, 6.07) is 5.53. The van der Waals surface area contributed by atoms with Crippen molar-refractivity contribution in [3.63, 3.8) is 0 Å². The van der Waals surface area contributed by atoms with Crippen LogP contribution in [0.3, 0.4) is 0 Å². The van der Waals surface area contributed by atoms with E-state index in [4.69, 9.17) is 16.0 Å². The third-order valence-electron chi connectivity index (χ3n) is 4.88. The van der Waals surface area contributed by atoms with Crippen LogP contribution in [0.1, 0.15) is 37.5 Å². The minimum atomic E-state index is 0. The summed E-state index contributed by atoms with van der Waals surface area (Å²) >= 11 is 6.00. The van der Waals surface area contributed by atoms with Gasteiger partial charge in [0.15, 0.2) is 11.5 Å². The monoisotopic (exact) mass is 405 g/mol. The van der Waals surface area contributed by atoms with Gasteiger partial charge < -0.3 is 14.6 Å². The Labute approximate surface area is 164 Å². The van der Waals surface area contributed by atoms with Crippen LogP contribution in [0.25, 0.3) is 11.1 Å². The molecule has 2 aromatic rings. The average Bonchev–Trinajstić information content (AvgIpc) is 3.23. The summed E-state index contributed by atoms with van der Waals surface area (Å²) in [4.78, 5) is 19.0. The third kappa shape index (κ3) is 4.22. The molecule has 0 radical (unpaired) electrons. The smallest absolute Gasteiger partial charge is 0.239 e. The number of likely N-dealkylation sites (tertiary alicyclic amines) is 1. The van der Waals surface area contributed by atoms with Gasteiger partial charge >= 0.3 is 0 Å². The predicted octanol–water partition coefficient (Wildman–Crippen LogP) is 3.78. The molecule has 1 amide bonds. The minimum absolute atomic E-state index is 0. The number of benzene rings is 1. The van der Waals surface area contributed by atoms with Gasteiger partial charge in [-0.15, -0.1) is 24.8 Å². The molecular weight excluding hydrogens is 385 g/mol. The lowest BCUT2D eigenvalue weighted by Gasteiger charge is -2.32. The number of hydrogen-bond donors (Lipinski definition) is 1. The molecule has 1 unspecified atom stereocenters. The summed E-state index contributed by atoms with van der Waals surface area (Å²) in [5.74, 6) is 1.31. The molecule has 2 fully saturated rings. The Balaban J connectivity index is 0.00000113. The van der Waals surface area contributed by atoms with E-state index in [2.05, 4.69) is 10.3 Å². The number of nitrogens with zero attached hydrogens (tertiary/aromatic N) is 2. The van der Waals surface area contributed by atoms with Crippen molar-refractivity contribution >= 4 is 53.4 Å². The Morgan fingerprint density at radius 3 is 2.68 bits per heavy atom. The summed E-state index contributed by atoms with van der Waals surface area (Å²) in [6.07, 6.45) is 3.86. The predicted molar refractivity (Wildman–Crippen MR) is 103 cm³/mol. The van der Waals surface area contributed by atoms with E-state index in [0.717, 1.165) is 62.3 Å². The van der Waals surface area contributed by atoms with Crippen molar-refractivity contribution in [1.29, 1.82) is 0 Å². The number of piperidine rings is 1. The van der Waals surface area contributed by atoms with Crippen LogP contribution in [-0.4, -0.2) is 41.5 Å². The molecule has 2 saturated heterocycles. The largest absolute Gasteiger partial charge is 0.440 e. The molecule has 8 heteroatoms. The van der Waals surface area contributed by atoms with Crippen LogP contribution in [0.15, 0.2) is 22.6 Å². The highest BCUT2D eigenvalue weighted by Gasteiger charge is 2.31. The van der Waals surface area contributed by atoms with E-state index < -0.39 is 0 Å². The van der Waals surface area contributed by atoms with Crippen molar-refractivity contribution < 1.29 is 9.21 Å². The van der Waals surface area contributed by atoms with Gasteiger partial charge in [0, 0.05) is 24.0 Å². The molecule has 0 saturated carbocycles. The molecule has 1 aromatic carbocycles. The Hall–Kier alpha value is -1.01. The van der Waals surface area contributed by atoms with E-state index in [0.29, 0.717) is 5.02 Å². The first-order chi connectivity index (χ1) is 11.2. The van der Waals surface area contributed by atoms with Crippen molar-refractivity contribution in [2.45, 2.75) is 37.6 Å². The topological polar surface area (TPSA) is 58.4 Å². The lowest BCUT2D eigenvalue weighted by molar-refractivity contribution is -0.134. The zero-order valence-corrected chi connectivity index (χ0v) is 16.1. The highest BCUT2D eigenvalue weighted by Crippen LogP contribution is 2.31. The van der Waals surface area contributed by atoms with E-state index in [1.165, 1.54) is 0 Å². The van der Waals surface area contributed by atoms with Crippen LogP contribution in [-0.2, 0) is 4.79 Å². The lowest BCUT2D eigenvalue weighted by Crippen LogP contribution is -2.46. The van der Waals surface area contributed by atoms with E-state index in [1.54, 1.807) is 0 Å². The van der Waals surface area contributed by atoms with Crippen molar-refractivity contribution in [3.05, 3.63) is 29.1 Å². The Morgan fingerprint density at radius 1 is 1.24 bits per heavy atom. The molecule has 0 spiro atoms. The fourth-order valence-corrected chi connectivity index (χ4v) is 3.72. The summed E-state index contributed by atoms with van der Waals surface area (Å²) in [5.41, 5.74) is 1.58. The van der Waals surface area contributed by atoms with Crippen LogP contribution >= 0.6 is 36.4 Å². The summed E-state index contributed by atoms with van der Waals surface area (Å²) in [5, 5.41) is 3.95. The number of rotatable bonds is 2. The average molecular weight is 407 g/mol. The second-order valence-corrected chi connectivity index (χ2v) is 6.85. The summed E-state index contributed by atoms with van der Waals surface area (Å²) in [7, 11) is 0. The maximum absolute atomic E-state index is 12.4. The van der Waals surface area contributed by atoms with Crippen molar-refractivity contribution in [1.82, 2.24) is 15.2 Å². The van der Waals surface area contributed by atoms with Gasteiger partial charge in [-0.05, 0) is 50.4 Å². The first-order valence-electron chi connectivity index (χ1n) is 8.29. The summed E-state index contributed by atoms with van der Waals surface area (Å²) in [6.45, 7) is 2.51. The molecule has 2 aliphatic rings. The van der Waals surface area contributed by atoms with E-state index in [1.807, 2.05) is 23.1 Å². The zero-order chi connectivity index (χ0) is 15.8. The van der Waals surface area contributed by atoms with Crippen molar-refractivity contribution in [3.8, 4) is 0 Å². The van der Waals surface area contributed by atoms with Gasteiger partial charge in [0.2, 0.25) is 5.91 Å². The highest BCUT2D eigenvalue weighted by atomic mass is 35.5. The van der Waals surface area contributed by atoms with E-state index >= 15 is 0 Å². The van der Waals surface area contributed by atoms with Crippen molar-refractivity contribution in [2.24, 2.45) is 0 Å². The van der Waals surface area contributed by atoms with Crippen LogP contribution in [0.5, 0.6) is 0 Å². The maximum Gasteiger partial charge on any atom is 0.239 e. The van der Waals surface area contributed by atoms with Gasteiger partial charge in [0.1, 0.15) is 5.52 Å². The van der Waals surface area contributed by atoms with Gasteiger partial charge in [0.25, 0.3) is 0 Å². The lowest BCUT2D eigenvalue weighted by atomic mass is 9.96. The molecule has 0 aliphatic carbocycles. The second kappa shape index (κ2) is 8.58.